The second-order valence-electron chi connectivity index (χ2n) is 3.79. The van der Waals surface area contributed by atoms with Gasteiger partial charge in [-0.05, 0) is 12.0 Å². The summed E-state index contributed by atoms with van der Waals surface area (Å²) in [5.41, 5.74) is 6.21. The number of carbonyl (C=O) groups excluding carboxylic acids is 1. The molecule has 4 nitrogen and oxygen atoms in total. The predicted molar refractivity (Wildman–Crippen MR) is 54.9 cm³/mol. The Hall–Kier alpha value is -1.16. The van der Waals surface area contributed by atoms with Crippen LogP contribution in [0.3, 0.4) is 0 Å². The number of hydrogen-bond acceptors (Lipinski definition) is 3. The molecule has 1 heterocycles. The van der Waals surface area contributed by atoms with Crippen LogP contribution in [-0.2, 0) is 7.05 Å². The van der Waals surface area contributed by atoms with Crippen molar-refractivity contribution in [3.05, 3.63) is 18.0 Å². The molecule has 0 fully saturated rings. The van der Waals surface area contributed by atoms with Gasteiger partial charge in [0.1, 0.15) is 5.69 Å². The highest BCUT2D eigenvalue weighted by Gasteiger charge is 2.23. The summed E-state index contributed by atoms with van der Waals surface area (Å²) in [5, 5.41) is 3.97. The van der Waals surface area contributed by atoms with E-state index in [2.05, 4.69) is 5.10 Å². The van der Waals surface area contributed by atoms with Crippen LogP contribution in [-0.4, -0.2) is 22.1 Å². The number of ketones is 1. The van der Waals surface area contributed by atoms with Crippen LogP contribution in [0.4, 0.5) is 0 Å². The zero-order valence-electron chi connectivity index (χ0n) is 8.90. The molecule has 0 saturated carbocycles. The second kappa shape index (κ2) is 4.37. The molecule has 1 aromatic rings. The molecule has 1 atom stereocenters. The van der Waals surface area contributed by atoms with Crippen LogP contribution in [0.5, 0.6) is 0 Å². The first kappa shape index (κ1) is 10.9. The molecule has 1 aromatic heterocycles. The Morgan fingerprint density at radius 2 is 2.29 bits per heavy atom. The maximum Gasteiger partial charge on any atom is 0.185 e. The third kappa shape index (κ3) is 2.01. The van der Waals surface area contributed by atoms with E-state index in [0.717, 1.165) is 0 Å². The van der Waals surface area contributed by atoms with Gasteiger partial charge in [0.25, 0.3) is 0 Å². The van der Waals surface area contributed by atoms with E-state index >= 15 is 0 Å². The van der Waals surface area contributed by atoms with Crippen molar-refractivity contribution in [2.75, 3.05) is 6.54 Å². The van der Waals surface area contributed by atoms with Crippen LogP contribution in [0.1, 0.15) is 24.3 Å². The van der Waals surface area contributed by atoms with Gasteiger partial charge >= 0.3 is 0 Å². The van der Waals surface area contributed by atoms with Gasteiger partial charge in [-0.25, -0.2) is 0 Å². The van der Waals surface area contributed by atoms with Crippen LogP contribution in [0.2, 0.25) is 0 Å². The summed E-state index contributed by atoms with van der Waals surface area (Å²) in [4.78, 5) is 12.0. The van der Waals surface area contributed by atoms with E-state index in [1.54, 1.807) is 24.0 Å². The minimum Gasteiger partial charge on any atom is -0.330 e. The Morgan fingerprint density at radius 3 is 2.64 bits per heavy atom. The molecule has 0 aliphatic heterocycles. The normalized spacial score (nSPS) is 13.2. The van der Waals surface area contributed by atoms with Crippen LogP contribution < -0.4 is 5.73 Å². The van der Waals surface area contributed by atoms with Crippen molar-refractivity contribution in [1.82, 2.24) is 9.78 Å². The minimum absolute atomic E-state index is 0.0856. The Balaban J connectivity index is 2.89. The van der Waals surface area contributed by atoms with Crippen LogP contribution >= 0.6 is 0 Å². The van der Waals surface area contributed by atoms with Gasteiger partial charge in [-0.15, -0.1) is 0 Å². The fraction of sp³-hybridized carbons (Fsp3) is 0.600. The number of nitrogens with zero attached hydrogens (tertiary/aromatic N) is 2. The van der Waals surface area contributed by atoms with Crippen molar-refractivity contribution in [1.29, 1.82) is 0 Å². The lowest BCUT2D eigenvalue weighted by atomic mass is 9.90. The zero-order chi connectivity index (χ0) is 10.7. The van der Waals surface area contributed by atoms with Crippen molar-refractivity contribution < 1.29 is 4.79 Å². The number of aromatic nitrogens is 2. The number of Topliss-reactive ketones (excluding diaryl/α,β-unsaturated/α-hetero) is 1. The first-order chi connectivity index (χ1) is 6.57. The molecule has 0 bridgehead atoms. The van der Waals surface area contributed by atoms with Crippen LogP contribution in [0.15, 0.2) is 12.3 Å². The van der Waals surface area contributed by atoms with E-state index in [4.69, 9.17) is 5.73 Å². The van der Waals surface area contributed by atoms with Crippen molar-refractivity contribution >= 4 is 5.78 Å². The van der Waals surface area contributed by atoms with Gasteiger partial charge in [0.15, 0.2) is 5.78 Å². The Labute approximate surface area is 84.1 Å². The second-order valence-corrected chi connectivity index (χ2v) is 3.79. The van der Waals surface area contributed by atoms with E-state index in [9.17, 15) is 4.79 Å². The third-order valence-corrected chi connectivity index (χ3v) is 2.47. The van der Waals surface area contributed by atoms with E-state index in [0.29, 0.717) is 12.2 Å². The number of aryl methyl sites for hydroxylation is 1. The third-order valence-electron chi connectivity index (χ3n) is 2.47. The molecule has 0 saturated heterocycles. The molecular formula is C10H17N3O. The van der Waals surface area contributed by atoms with Gasteiger partial charge in [0.05, 0.1) is 0 Å². The van der Waals surface area contributed by atoms with Gasteiger partial charge < -0.3 is 5.73 Å². The molecule has 1 rings (SSSR count). The summed E-state index contributed by atoms with van der Waals surface area (Å²) in [6.07, 6.45) is 1.63. The highest BCUT2D eigenvalue weighted by molar-refractivity contribution is 5.96. The fourth-order valence-electron chi connectivity index (χ4n) is 1.49. The lowest BCUT2D eigenvalue weighted by Crippen LogP contribution is -2.29. The molecule has 0 aliphatic carbocycles. The number of nitrogens with two attached hydrogens (primary N) is 1. The summed E-state index contributed by atoms with van der Waals surface area (Å²) in [6.45, 7) is 4.40. The fourth-order valence-corrected chi connectivity index (χ4v) is 1.49. The van der Waals surface area contributed by atoms with Gasteiger partial charge in [-0.2, -0.15) is 5.10 Å². The topological polar surface area (TPSA) is 60.9 Å². The highest BCUT2D eigenvalue weighted by atomic mass is 16.1. The summed E-state index contributed by atoms with van der Waals surface area (Å²) in [6, 6.07) is 1.73. The summed E-state index contributed by atoms with van der Waals surface area (Å²) in [7, 11) is 1.77. The smallest absolute Gasteiger partial charge is 0.185 e. The average molecular weight is 195 g/mol. The van der Waals surface area contributed by atoms with E-state index < -0.39 is 0 Å². The Kier molecular flexibility index (Phi) is 3.41. The molecular weight excluding hydrogens is 178 g/mol. The number of hydrogen-bond donors (Lipinski definition) is 1. The molecule has 0 amide bonds. The Morgan fingerprint density at radius 1 is 1.64 bits per heavy atom. The molecule has 4 heteroatoms. The minimum atomic E-state index is -0.106. The van der Waals surface area contributed by atoms with E-state index in [1.807, 2.05) is 13.8 Å². The Bertz CT molecular complexity index is 317. The molecule has 78 valence electrons. The summed E-state index contributed by atoms with van der Waals surface area (Å²) >= 11 is 0. The maximum atomic E-state index is 12.0. The first-order valence-corrected chi connectivity index (χ1v) is 4.80. The molecule has 0 aromatic carbocycles. The molecule has 14 heavy (non-hydrogen) atoms. The zero-order valence-corrected chi connectivity index (χ0v) is 8.90. The predicted octanol–water partition coefficient (Wildman–Crippen LogP) is 0.834. The largest absolute Gasteiger partial charge is 0.330 e. The summed E-state index contributed by atoms with van der Waals surface area (Å²) in [5.74, 6) is 0.246. The number of rotatable bonds is 4. The lowest BCUT2D eigenvalue weighted by molar-refractivity contribution is 0.0882. The SMILES string of the molecule is CC(C)C(CN)C(=O)c1ccnn1C. The van der Waals surface area contributed by atoms with Crippen molar-refractivity contribution in [2.45, 2.75) is 13.8 Å². The molecule has 0 spiro atoms. The quantitative estimate of drug-likeness (QED) is 0.724. The maximum absolute atomic E-state index is 12.0. The molecule has 2 N–H and O–H groups in total. The lowest BCUT2D eigenvalue weighted by Gasteiger charge is -2.16. The molecule has 0 aliphatic rings. The van der Waals surface area contributed by atoms with Crippen molar-refractivity contribution in [3.8, 4) is 0 Å². The van der Waals surface area contributed by atoms with E-state index in [1.165, 1.54) is 0 Å². The van der Waals surface area contributed by atoms with Crippen molar-refractivity contribution in [2.24, 2.45) is 24.6 Å². The van der Waals surface area contributed by atoms with Crippen LogP contribution in [0.25, 0.3) is 0 Å². The van der Waals surface area contributed by atoms with Crippen molar-refractivity contribution in [3.63, 3.8) is 0 Å². The standard InChI is InChI=1S/C10H17N3O/c1-7(2)8(6-11)10(14)9-4-5-12-13(9)3/h4-5,7-8H,6,11H2,1-3H3. The molecule has 0 radical (unpaired) electrons. The van der Waals surface area contributed by atoms with Gasteiger partial charge in [-0.1, -0.05) is 13.8 Å². The monoisotopic (exact) mass is 195 g/mol. The highest BCUT2D eigenvalue weighted by Crippen LogP contribution is 2.15. The van der Waals surface area contributed by atoms with E-state index in [-0.39, 0.29) is 17.6 Å². The van der Waals surface area contributed by atoms with Gasteiger partial charge in [0, 0.05) is 25.7 Å². The van der Waals surface area contributed by atoms with Gasteiger partial charge in [-0.3, -0.25) is 9.48 Å². The first-order valence-electron chi connectivity index (χ1n) is 4.80. The number of carbonyl (C=O) groups is 1. The average Bonchev–Trinajstić information content (AvgIpc) is 2.51. The van der Waals surface area contributed by atoms with Crippen LogP contribution in [0, 0.1) is 11.8 Å². The summed E-state index contributed by atoms with van der Waals surface area (Å²) < 4.78 is 1.59. The molecule has 1 unspecified atom stereocenters. The van der Waals surface area contributed by atoms with Gasteiger partial charge in [0.2, 0.25) is 0 Å².